The number of carbonyl (C=O) groups excluding carboxylic acids is 1. The Morgan fingerprint density at radius 3 is 2.89 bits per heavy atom. The van der Waals surface area contributed by atoms with Crippen LogP contribution >= 0.6 is 0 Å². The number of rotatable bonds is 2. The van der Waals surface area contributed by atoms with E-state index in [0.29, 0.717) is 0 Å². The second kappa shape index (κ2) is 5.59. The first-order valence-corrected chi connectivity index (χ1v) is 6.82. The Morgan fingerprint density at radius 1 is 1.47 bits per heavy atom. The fraction of sp³-hybridized carbons (Fsp3) is 0.600. The minimum Gasteiger partial charge on any atom is -0.443 e. The number of nitrogens with zero attached hydrogens (tertiary/aromatic N) is 2. The van der Waals surface area contributed by atoms with E-state index in [1.54, 1.807) is 6.20 Å². The maximum atomic E-state index is 12.2. The highest BCUT2D eigenvalue weighted by atomic mass is 16.6. The molecule has 1 fully saturated rings. The zero-order valence-electron chi connectivity index (χ0n) is 11.9. The maximum Gasteiger partial charge on any atom is 0.410 e. The second-order valence-electron chi connectivity index (χ2n) is 6.09. The van der Waals surface area contributed by atoms with Crippen LogP contribution < -0.4 is 0 Å². The predicted octanol–water partition coefficient (Wildman–Crippen LogP) is 3.23. The van der Waals surface area contributed by atoms with Crippen LogP contribution in [0.15, 0.2) is 24.4 Å². The summed E-state index contributed by atoms with van der Waals surface area (Å²) in [5.74, 6) is 0. The molecule has 0 spiro atoms. The molecule has 4 nitrogen and oxygen atoms in total. The first-order valence-electron chi connectivity index (χ1n) is 6.82. The van der Waals surface area contributed by atoms with E-state index in [0.717, 1.165) is 25.1 Å². The molecule has 0 bridgehead atoms. The molecular weight excluding hydrogens is 240 g/mol. The molecule has 1 aromatic rings. The molecule has 104 valence electrons. The van der Waals surface area contributed by atoms with E-state index in [4.69, 9.17) is 4.74 Å². The summed E-state index contributed by atoms with van der Waals surface area (Å²) in [6.45, 7) is 7.54. The molecule has 1 unspecified atom stereocenters. The van der Waals surface area contributed by atoms with Crippen molar-refractivity contribution >= 4 is 6.09 Å². The van der Waals surface area contributed by atoms with Crippen molar-refractivity contribution in [3.63, 3.8) is 0 Å². The van der Waals surface area contributed by atoms with Crippen molar-refractivity contribution in [2.75, 3.05) is 6.54 Å². The van der Waals surface area contributed by atoms with Gasteiger partial charge in [-0.1, -0.05) is 26.8 Å². The van der Waals surface area contributed by atoms with Crippen LogP contribution in [0, 0.1) is 5.41 Å². The minimum atomic E-state index is -0.219. The molecule has 1 amide bonds. The van der Waals surface area contributed by atoms with E-state index < -0.39 is 0 Å². The normalized spacial score (nSPS) is 19.5. The molecule has 4 heteroatoms. The quantitative estimate of drug-likeness (QED) is 0.821. The number of likely N-dealkylation sites (tertiary alicyclic amines) is 1. The third-order valence-corrected chi connectivity index (χ3v) is 3.56. The van der Waals surface area contributed by atoms with Crippen molar-refractivity contribution in [3.05, 3.63) is 30.1 Å². The number of hydrogen-bond acceptors (Lipinski definition) is 3. The van der Waals surface area contributed by atoms with E-state index in [-0.39, 0.29) is 24.2 Å². The van der Waals surface area contributed by atoms with Crippen molar-refractivity contribution in [1.29, 1.82) is 0 Å². The Balaban J connectivity index is 1.93. The fourth-order valence-electron chi connectivity index (χ4n) is 2.59. The van der Waals surface area contributed by atoms with Crippen LogP contribution in [0.25, 0.3) is 0 Å². The Bertz CT molecular complexity index is 426. The monoisotopic (exact) mass is 262 g/mol. The average Bonchev–Trinajstić information content (AvgIpc) is 2.86. The van der Waals surface area contributed by atoms with Gasteiger partial charge in [0.05, 0.1) is 5.69 Å². The smallest absolute Gasteiger partial charge is 0.410 e. The van der Waals surface area contributed by atoms with Gasteiger partial charge in [-0.3, -0.25) is 4.98 Å². The molecule has 1 aliphatic heterocycles. The zero-order valence-corrected chi connectivity index (χ0v) is 11.9. The van der Waals surface area contributed by atoms with Gasteiger partial charge in [-0.25, -0.2) is 4.79 Å². The summed E-state index contributed by atoms with van der Waals surface area (Å²) in [6, 6.07) is 5.87. The number of aromatic nitrogens is 1. The molecule has 2 heterocycles. The van der Waals surface area contributed by atoms with Gasteiger partial charge in [-0.15, -0.1) is 0 Å². The first kappa shape index (κ1) is 13.8. The summed E-state index contributed by atoms with van der Waals surface area (Å²) < 4.78 is 5.36. The lowest BCUT2D eigenvalue weighted by Gasteiger charge is -2.34. The topological polar surface area (TPSA) is 42.4 Å². The minimum absolute atomic E-state index is 0.0977. The largest absolute Gasteiger partial charge is 0.443 e. The predicted molar refractivity (Wildman–Crippen MR) is 73.6 cm³/mol. The van der Waals surface area contributed by atoms with Gasteiger partial charge in [0.15, 0.2) is 0 Å². The Hall–Kier alpha value is -1.58. The van der Waals surface area contributed by atoms with Crippen molar-refractivity contribution in [1.82, 2.24) is 9.88 Å². The lowest BCUT2D eigenvalue weighted by molar-refractivity contribution is 0.0694. The summed E-state index contributed by atoms with van der Waals surface area (Å²) in [7, 11) is 0. The standard InChI is InChI=1S/C15H22N2O2/c1-15(2,3)13-8-6-10-17(13)14(18)19-11-12-7-4-5-9-16-12/h4-5,7,9,13H,6,8,10-11H2,1-3H3. The highest BCUT2D eigenvalue weighted by Crippen LogP contribution is 2.33. The van der Waals surface area contributed by atoms with E-state index in [1.807, 2.05) is 23.1 Å². The molecular formula is C15H22N2O2. The molecule has 0 radical (unpaired) electrons. The van der Waals surface area contributed by atoms with E-state index in [1.165, 1.54) is 0 Å². The summed E-state index contributed by atoms with van der Waals surface area (Å²) in [5.41, 5.74) is 0.878. The molecule has 0 saturated carbocycles. The number of ether oxygens (including phenoxy) is 1. The van der Waals surface area contributed by atoms with E-state index >= 15 is 0 Å². The Labute approximate surface area is 114 Å². The number of pyridine rings is 1. The Morgan fingerprint density at radius 2 is 2.26 bits per heavy atom. The molecule has 2 rings (SSSR count). The second-order valence-corrected chi connectivity index (χ2v) is 6.09. The summed E-state index contributed by atoms with van der Waals surface area (Å²) >= 11 is 0. The van der Waals surface area contributed by atoms with Gasteiger partial charge in [0.25, 0.3) is 0 Å². The van der Waals surface area contributed by atoms with Crippen LogP contribution in [0.2, 0.25) is 0 Å². The van der Waals surface area contributed by atoms with Crippen molar-refractivity contribution in [3.8, 4) is 0 Å². The summed E-state index contributed by atoms with van der Waals surface area (Å²) in [4.78, 5) is 18.2. The lowest BCUT2D eigenvalue weighted by atomic mass is 9.85. The molecule has 1 aliphatic rings. The van der Waals surface area contributed by atoms with Gasteiger partial charge < -0.3 is 9.64 Å². The fourth-order valence-corrected chi connectivity index (χ4v) is 2.59. The molecule has 1 aromatic heterocycles. The third-order valence-electron chi connectivity index (χ3n) is 3.56. The van der Waals surface area contributed by atoms with Gasteiger partial charge in [0.1, 0.15) is 6.61 Å². The number of carbonyl (C=O) groups is 1. The highest BCUT2D eigenvalue weighted by molar-refractivity contribution is 5.68. The van der Waals surface area contributed by atoms with E-state index in [9.17, 15) is 4.79 Å². The SMILES string of the molecule is CC(C)(C)C1CCCN1C(=O)OCc1ccccn1. The molecule has 1 atom stereocenters. The van der Waals surface area contributed by atoms with Crippen LogP contribution in [0.4, 0.5) is 4.79 Å². The molecule has 19 heavy (non-hydrogen) atoms. The molecule has 0 aliphatic carbocycles. The van der Waals surface area contributed by atoms with Gasteiger partial charge >= 0.3 is 6.09 Å². The van der Waals surface area contributed by atoms with Gasteiger partial charge in [0.2, 0.25) is 0 Å². The van der Waals surface area contributed by atoms with Gasteiger partial charge in [-0.2, -0.15) is 0 Å². The number of amides is 1. The van der Waals surface area contributed by atoms with Crippen LogP contribution in [0.3, 0.4) is 0 Å². The van der Waals surface area contributed by atoms with E-state index in [2.05, 4.69) is 25.8 Å². The van der Waals surface area contributed by atoms with Crippen LogP contribution in [-0.2, 0) is 11.3 Å². The lowest BCUT2D eigenvalue weighted by Crippen LogP contribution is -2.43. The van der Waals surface area contributed by atoms with Crippen LogP contribution in [0.1, 0.15) is 39.3 Å². The van der Waals surface area contributed by atoms with Crippen molar-refractivity contribution < 1.29 is 9.53 Å². The molecule has 0 aromatic carbocycles. The molecule has 0 N–H and O–H groups in total. The highest BCUT2D eigenvalue weighted by Gasteiger charge is 2.37. The summed E-state index contributed by atoms with van der Waals surface area (Å²) in [5, 5.41) is 0. The van der Waals surface area contributed by atoms with Gasteiger partial charge in [0, 0.05) is 18.8 Å². The molecule has 1 saturated heterocycles. The summed E-state index contributed by atoms with van der Waals surface area (Å²) in [6.07, 6.45) is 3.60. The van der Waals surface area contributed by atoms with Crippen LogP contribution in [-0.4, -0.2) is 28.6 Å². The van der Waals surface area contributed by atoms with Gasteiger partial charge in [-0.05, 0) is 30.4 Å². The Kier molecular flexibility index (Phi) is 4.08. The van der Waals surface area contributed by atoms with Crippen molar-refractivity contribution in [2.45, 2.75) is 46.3 Å². The maximum absolute atomic E-state index is 12.2. The third kappa shape index (κ3) is 3.46. The number of hydrogen-bond donors (Lipinski definition) is 0. The van der Waals surface area contributed by atoms with Crippen LogP contribution in [0.5, 0.6) is 0 Å². The average molecular weight is 262 g/mol. The van der Waals surface area contributed by atoms with Crippen molar-refractivity contribution in [2.24, 2.45) is 5.41 Å². The first-order chi connectivity index (χ1) is 8.98. The zero-order chi connectivity index (χ0) is 13.9.